The molecule has 0 spiro atoms. The highest BCUT2D eigenvalue weighted by atomic mass is 32.1. The smallest absolute Gasteiger partial charge is 0.316 e. The van der Waals surface area contributed by atoms with Crippen LogP contribution < -0.4 is 10.6 Å². The summed E-state index contributed by atoms with van der Waals surface area (Å²) >= 11 is 1.72. The van der Waals surface area contributed by atoms with E-state index in [-0.39, 0.29) is 6.03 Å². The van der Waals surface area contributed by atoms with Crippen LogP contribution in [0, 0.1) is 0 Å². The summed E-state index contributed by atoms with van der Waals surface area (Å²) in [6.45, 7) is 2.56. The lowest BCUT2D eigenvalue weighted by molar-refractivity contribution is 0.164. The van der Waals surface area contributed by atoms with Crippen molar-refractivity contribution < 1.29 is 4.79 Å². The van der Waals surface area contributed by atoms with Crippen molar-refractivity contribution in [2.45, 2.75) is 25.4 Å². The van der Waals surface area contributed by atoms with E-state index < -0.39 is 0 Å². The lowest BCUT2D eigenvalue weighted by atomic mass is 10.0. The van der Waals surface area contributed by atoms with Gasteiger partial charge < -0.3 is 10.2 Å². The predicted molar refractivity (Wildman–Crippen MR) is 63.8 cm³/mol. The van der Waals surface area contributed by atoms with E-state index in [0.717, 1.165) is 38.2 Å². The zero-order valence-corrected chi connectivity index (χ0v) is 9.80. The van der Waals surface area contributed by atoms with Gasteiger partial charge in [0, 0.05) is 24.0 Å². The van der Waals surface area contributed by atoms with Gasteiger partial charge in [0.25, 0.3) is 0 Å². The number of nitrogens with one attached hydrogen (secondary N) is 1. The van der Waals surface area contributed by atoms with Crippen LogP contribution in [0.3, 0.4) is 0 Å². The second kappa shape index (κ2) is 4.07. The first-order valence-corrected chi connectivity index (χ1v) is 6.50. The van der Waals surface area contributed by atoms with Gasteiger partial charge in [0.2, 0.25) is 0 Å². The molecule has 1 fully saturated rings. The fourth-order valence-corrected chi connectivity index (χ4v) is 3.16. The van der Waals surface area contributed by atoms with E-state index in [1.54, 1.807) is 11.3 Å². The van der Waals surface area contributed by atoms with E-state index in [1.807, 2.05) is 16.3 Å². The van der Waals surface area contributed by atoms with Gasteiger partial charge in [-0.05, 0) is 24.3 Å². The van der Waals surface area contributed by atoms with Gasteiger partial charge in [-0.1, -0.05) is 0 Å². The molecule has 0 aliphatic carbocycles. The summed E-state index contributed by atoms with van der Waals surface area (Å²) in [5.74, 6) is 0. The third-order valence-electron chi connectivity index (χ3n) is 3.24. The Labute approximate surface area is 98.6 Å². The number of thiophene rings is 1. The molecule has 0 aromatic carbocycles. The van der Waals surface area contributed by atoms with Crippen molar-refractivity contribution >= 4 is 23.1 Å². The van der Waals surface area contributed by atoms with Gasteiger partial charge in [-0.15, -0.1) is 11.3 Å². The molecule has 2 aliphatic heterocycles. The molecule has 1 aromatic rings. The van der Waals surface area contributed by atoms with Gasteiger partial charge in [0.15, 0.2) is 0 Å². The van der Waals surface area contributed by atoms with E-state index in [2.05, 4.69) is 10.6 Å². The molecule has 4 nitrogen and oxygen atoms in total. The molecule has 3 rings (SSSR count). The lowest BCUT2D eigenvalue weighted by Gasteiger charge is -2.36. The molecule has 0 atom stereocenters. The van der Waals surface area contributed by atoms with Crippen LogP contribution in [0.5, 0.6) is 0 Å². The number of anilines is 1. The number of carbonyl (C=O) groups is 1. The van der Waals surface area contributed by atoms with Crippen molar-refractivity contribution in [3.05, 3.63) is 16.3 Å². The largest absolute Gasteiger partial charge is 0.322 e. The molecular formula is C11H14N3OS. The normalized spacial score (nSPS) is 21.8. The predicted octanol–water partition coefficient (Wildman–Crippen LogP) is 1.86. The summed E-state index contributed by atoms with van der Waals surface area (Å²) in [7, 11) is 0. The number of fused-ring (bicyclic) bond motifs is 1. The first kappa shape index (κ1) is 10.1. The molecule has 0 bridgehead atoms. The molecule has 1 aromatic heterocycles. The standard InChI is InChI=1S/C11H14N3OS/c15-11-13-9-3-6-16-10(9)7-14(11)8-1-4-12-5-2-8/h3,6,8H,1-2,4-5,7H2,(H,13,15). The van der Waals surface area contributed by atoms with Gasteiger partial charge in [0.1, 0.15) is 0 Å². The molecule has 1 saturated heterocycles. The fourth-order valence-electron chi connectivity index (χ4n) is 2.33. The highest BCUT2D eigenvalue weighted by molar-refractivity contribution is 7.10. The minimum absolute atomic E-state index is 0.0535. The zero-order chi connectivity index (χ0) is 11.0. The summed E-state index contributed by atoms with van der Waals surface area (Å²) in [6, 6.07) is 2.40. The van der Waals surface area contributed by atoms with Gasteiger partial charge in [-0.25, -0.2) is 10.1 Å². The lowest BCUT2D eigenvalue weighted by Crippen LogP contribution is -2.48. The number of hydrogen-bond donors (Lipinski definition) is 1. The summed E-state index contributed by atoms with van der Waals surface area (Å²) in [4.78, 5) is 15.2. The van der Waals surface area contributed by atoms with Gasteiger partial charge in [-0.2, -0.15) is 0 Å². The summed E-state index contributed by atoms with van der Waals surface area (Å²) in [5.41, 5.74) is 0.992. The zero-order valence-electron chi connectivity index (χ0n) is 8.98. The number of piperidine rings is 1. The number of rotatable bonds is 1. The molecule has 85 valence electrons. The molecule has 1 N–H and O–H groups in total. The highest BCUT2D eigenvalue weighted by Gasteiger charge is 2.30. The van der Waals surface area contributed by atoms with Crippen LogP contribution in [0.1, 0.15) is 17.7 Å². The number of carbonyl (C=O) groups excluding carboxylic acids is 1. The Balaban J connectivity index is 1.79. The first-order chi connectivity index (χ1) is 7.84. The van der Waals surface area contributed by atoms with Crippen LogP contribution in [-0.4, -0.2) is 30.1 Å². The maximum absolute atomic E-state index is 11.9. The molecule has 2 aliphatic rings. The summed E-state index contributed by atoms with van der Waals surface area (Å²) in [6.07, 6.45) is 2.02. The minimum atomic E-state index is 0.0535. The maximum Gasteiger partial charge on any atom is 0.322 e. The number of nitrogens with zero attached hydrogens (tertiary/aromatic N) is 2. The number of hydrogen-bond acceptors (Lipinski definition) is 2. The molecule has 0 unspecified atom stereocenters. The Morgan fingerprint density at radius 2 is 2.25 bits per heavy atom. The van der Waals surface area contributed by atoms with Crippen molar-refractivity contribution in [2.75, 3.05) is 18.4 Å². The molecule has 16 heavy (non-hydrogen) atoms. The Morgan fingerprint density at radius 3 is 3.06 bits per heavy atom. The van der Waals surface area contributed by atoms with E-state index in [9.17, 15) is 4.79 Å². The Hall–Kier alpha value is -1.07. The van der Waals surface area contributed by atoms with Crippen LogP contribution in [0.25, 0.3) is 0 Å². The molecule has 1 radical (unpaired) electrons. The highest BCUT2D eigenvalue weighted by Crippen LogP contribution is 2.30. The molecule has 3 heterocycles. The van der Waals surface area contributed by atoms with Crippen molar-refractivity contribution in [1.29, 1.82) is 0 Å². The topological polar surface area (TPSA) is 46.4 Å². The van der Waals surface area contributed by atoms with Gasteiger partial charge in [-0.3, -0.25) is 0 Å². The van der Waals surface area contributed by atoms with Crippen molar-refractivity contribution in [1.82, 2.24) is 10.2 Å². The van der Waals surface area contributed by atoms with Crippen molar-refractivity contribution in [2.24, 2.45) is 0 Å². The summed E-state index contributed by atoms with van der Waals surface area (Å²) < 4.78 is 0. The van der Waals surface area contributed by atoms with E-state index in [0.29, 0.717) is 6.04 Å². The maximum atomic E-state index is 11.9. The first-order valence-electron chi connectivity index (χ1n) is 5.62. The van der Waals surface area contributed by atoms with Crippen molar-refractivity contribution in [3.63, 3.8) is 0 Å². The Kier molecular flexibility index (Phi) is 2.57. The van der Waals surface area contributed by atoms with Crippen LogP contribution >= 0.6 is 11.3 Å². The van der Waals surface area contributed by atoms with Gasteiger partial charge >= 0.3 is 6.03 Å². The van der Waals surface area contributed by atoms with Crippen LogP contribution in [0.4, 0.5) is 10.5 Å². The van der Waals surface area contributed by atoms with Crippen LogP contribution in [-0.2, 0) is 6.54 Å². The van der Waals surface area contributed by atoms with Crippen LogP contribution in [0.2, 0.25) is 0 Å². The van der Waals surface area contributed by atoms with E-state index >= 15 is 0 Å². The third-order valence-corrected chi connectivity index (χ3v) is 4.15. The van der Waals surface area contributed by atoms with E-state index in [1.165, 1.54) is 4.88 Å². The van der Waals surface area contributed by atoms with Gasteiger partial charge in [0.05, 0.1) is 12.2 Å². The van der Waals surface area contributed by atoms with Crippen LogP contribution in [0.15, 0.2) is 11.4 Å². The Morgan fingerprint density at radius 1 is 1.44 bits per heavy atom. The Bertz CT molecular complexity index is 398. The SMILES string of the molecule is O=C1Nc2ccsc2CN1C1CC[N]CC1. The van der Waals surface area contributed by atoms with E-state index in [4.69, 9.17) is 0 Å². The number of urea groups is 1. The molecular weight excluding hydrogens is 222 g/mol. The fraction of sp³-hybridized carbons (Fsp3) is 0.545. The monoisotopic (exact) mass is 236 g/mol. The molecule has 2 amide bonds. The molecule has 0 saturated carbocycles. The second-order valence-electron chi connectivity index (χ2n) is 4.22. The quantitative estimate of drug-likeness (QED) is 0.795. The average molecular weight is 236 g/mol. The average Bonchev–Trinajstić information content (AvgIpc) is 2.76. The van der Waals surface area contributed by atoms with Crippen molar-refractivity contribution in [3.8, 4) is 0 Å². The minimum Gasteiger partial charge on any atom is -0.316 e. The molecule has 5 heteroatoms. The summed E-state index contributed by atoms with van der Waals surface area (Å²) in [5, 5.41) is 9.31. The second-order valence-corrected chi connectivity index (χ2v) is 5.22. The number of amides is 2. The third kappa shape index (κ3) is 1.70.